The number of rotatable bonds is 7. The van der Waals surface area contributed by atoms with Gasteiger partial charge in [0.25, 0.3) is 0 Å². The number of aromatic nitrogens is 2. The molecule has 3 heterocycles. The molecule has 2 atom stereocenters. The fourth-order valence-corrected chi connectivity index (χ4v) is 4.70. The Bertz CT molecular complexity index is 943. The highest BCUT2D eigenvalue weighted by atomic mass is 32.1. The van der Waals surface area contributed by atoms with Crippen LogP contribution in [0, 0.1) is 12.8 Å². The monoisotopic (exact) mass is 407 g/mol. The van der Waals surface area contributed by atoms with E-state index in [0.717, 1.165) is 41.3 Å². The van der Waals surface area contributed by atoms with Crippen LogP contribution >= 0.6 is 11.3 Å². The molecule has 4 rings (SSSR count). The summed E-state index contributed by atoms with van der Waals surface area (Å²) in [6.07, 6.45) is 4.24. The largest absolute Gasteiger partial charge is 0.478 e. The third-order valence-corrected chi connectivity index (χ3v) is 6.24. The van der Waals surface area contributed by atoms with E-state index < -0.39 is 0 Å². The maximum absolute atomic E-state index is 13.3. The maximum atomic E-state index is 13.3. The van der Waals surface area contributed by atoms with Crippen LogP contribution in [0.4, 0.5) is 0 Å². The van der Waals surface area contributed by atoms with Crippen molar-refractivity contribution in [1.82, 2.24) is 15.3 Å². The number of ether oxygens (including phenoxy) is 1. The van der Waals surface area contributed by atoms with E-state index in [1.165, 1.54) is 0 Å². The average molecular weight is 408 g/mol. The number of nitrogens with one attached hydrogen (secondary N) is 1. The van der Waals surface area contributed by atoms with Crippen LogP contribution in [0.2, 0.25) is 0 Å². The number of aryl methyl sites for hydroxylation is 1. The van der Waals surface area contributed by atoms with Crippen molar-refractivity contribution >= 4 is 17.1 Å². The molecular weight excluding hydrogens is 382 g/mol. The quantitative estimate of drug-likeness (QED) is 0.583. The first-order chi connectivity index (χ1) is 14.2. The minimum atomic E-state index is 0.0000579. The number of hydrogen-bond acceptors (Lipinski definition) is 6. The van der Waals surface area contributed by atoms with Crippen molar-refractivity contribution in [3.63, 3.8) is 0 Å². The fourth-order valence-electron chi connectivity index (χ4n) is 3.78. The predicted molar refractivity (Wildman–Crippen MR) is 115 cm³/mol. The van der Waals surface area contributed by atoms with Gasteiger partial charge < -0.3 is 10.1 Å². The zero-order chi connectivity index (χ0) is 20.1. The molecule has 1 saturated heterocycles. The Morgan fingerprint density at radius 2 is 2.03 bits per heavy atom. The molecule has 2 unspecified atom stereocenters. The van der Waals surface area contributed by atoms with Gasteiger partial charge in [0.2, 0.25) is 5.88 Å². The molecule has 1 fully saturated rings. The molecule has 0 aliphatic carbocycles. The van der Waals surface area contributed by atoms with Gasteiger partial charge >= 0.3 is 0 Å². The summed E-state index contributed by atoms with van der Waals surface area (Å²) in [7, 11) is 0. The van der Waals surface area contributed by atoms with Gasteiger partial charge in [-0.1, -0.05) is 36.4 Å². The first-order valence-corrected chi connectivity index (χ1v) is 10.9. The molecule has 2 aromatic heterocycles. The van der Waals surface area contributed by atoms with Crippen LogP contribution in [0.1, 0.15) is 34.8 Å². The standard InChI is InChI=1S/C23H25N3O2S/c1-16-26-21(23(29-16)17-7-3-2-4-8-17)22(27)18-10-13-24-19(15-18)11-14-28-20-9-5-6-12-25-20/h2-9,12,18-19,24H,10-11,13-15H2,1H3. The van der Waals surface area contributed by atoms with Gasteiger partial charge in [0, 0.05) is 24.2 Å². The van der Waals surface area contributed by atoms with Crippen LogP contribution in [-0.4, -0.2) is 34.9 Å². The van der Waals surface area contributed by atoms with E-state index in [1.54, 1.807) is 17.5 Å². The number of ketones is 1. The second kappa shape index (κ2) is 9.29. The summed E-state index contributed by atoms with van der Waals surface area (Å²) in [5.74, 6) is 0.812. The van der Waals surface area contributed by atoms with Crippen molar-refractivity contribution in [2.45, 2.75) is 32.2 Å². The number of nitrogens with zero attached hydrogens (tertiary/aromatic N) is 2. The minimum absolute atomic E-state index is 0.0000579. The molecule has 5 nitrogen and oxygen atoms in total. The second-order valence-corrected chi connectivity index (χ2v) is 8.52. The van der Waals surface area contributed by atoms with Gasteiger partial charge in [0.1, 0.15) is 5.69 Å². The predicted octanol–water partition coefficient (Wildman–Crippen LogP) is 4.53. The molecule has 29 heavy (non-hydrogen) atoms. The number of carbonyl (C=O) groups excluding carboxylic acids is 1. The molecule has 3 aromatic rings. The van der Waals surface area contributed by atoms with Crippen LogP contribution in [0.25, 0.3) is 10.4 Å². The summed E-state index contributed by atoms with van der Waals surface area (Å²) in [6, 6.07) is 16.0. The summed E-state index contributed by atoms with van der Waals surface area (Å²) >= 11 is 1.60. The zero-order valence-electron chi connectivity index (χ0n) is 16.5. The van der Waals surface area contributed by atoms with Crippen LogP contribution in [0.5, 0.6) is 5.88 Å². The van der Waals surface area contributed by atoms with Gasteiger partial charge in [-0.25, -0.2) is 9.97 Å². The lowest BCUT2D eigenvalue weighted by molar-refractivity contribution is 0.0868. The lowest BCUT2D eigenvalue weighted by Crippen LogP contribution is -2.41. The Balaban J connectivity index is 1.40. The first-order valence-electron chi connectivity index (χ1n) is 10.0. The minimum Gasteiger partial charge on any atom is -0.478 e. The van der Waals surface area contributed by atoms with E-state index in [4.69, 9.17) is 4.74 Å². The van der Waals surface area contributed by atoms with Crippen LogP contribution in [-0.2, 0) is 0 Å². The molecule has 0 saturated carbocycles. The average Bonchev–Trinajstić information content (AvgIpc) is 3.16. The van der Waals surface area contributed by atoms with Crippen LogP contribution < -0.4 is 10.1 Å². The molecule has 0 amide bonds. The molecule has 1 N–H and O–H groups in total. The van der Waals surface area contributed by atoms with Gasteiger partial charge in [0.15, 0.2) is 5.78 Å². The molecule has 150 valence electrons. The highest BCUT2D eigenvalue weighted by Crippen LogP contribution is 2.33. The number of Topliss-reactive ketones (excluding diaryl/α,β-unsaturated/α-hetero) is 1. The van der Waals surface area contributed by atoms with Crippen LogP contribution in [0.15, 0.2) is 54.7 Å². The molecule has 1 aromatic carbocycles. The van der Waals surface area contributed by atoms with Gasteiger partial charge in [-0.2, -0.15) is 0 Å². The molecule has 0 bridgehead atoms. The highest BCUT2D eigenvalue weighted by molar-refractivity contribution is 7.15. The third kappa shape index (κ3) is 4.89. The fraction of sp³-hybridized carbons (Fsp3) is 0.348. The number of pyridine rings is 1. The summed E-state index contributed by atoms with van der Waals surface area (Å²) in [6.45, 7) is 3.39. The van der Waals surface area contributed by atoms with E-state index in [1.807, 2.05) is 55.5 Å². The number of piperidine rings is 1. The first kappa shape index (κ1) is 19.7. The third-order valence-electron chi connectivity index (χ3n) is 5.22. The highest BCUT2D eigenvalue weighted by Gasteiger charge is 2.30. The van der Waals surface area contributed by atoms with Gasteiger partial charge in [0.05, 0.1) is 16.5 Å². The van der Waals surface area contributed by atoms with Gasteiger partial charge in [-0.15, -0.1) is 11.3 Å². The summed E-state index contributed by atoms with van der Waals surface area (Å²) in [5.41, 5.74) is 1.70. The maximum Gasteiger partial charge on any atom is 0.213 e. The summed E-state index contributed by atoms with van der Waals surface area (Å²) < 4.78 is 5.72. The number of benzene rings is 1. The molecule has 1 aliphatic heterocycles. The zero-order valence-corrected chi connectivity index (χ0v) is 17.3. The Hall–Kier alpha value is -2.57. The molecule has 6 heteroatoms. The topological polar surface area (TPSA) is 64.1 Å². The van der Waals surface area contributed by atoms with Crippen molar-refractivity contribution in [1.29, 1.82) is 0 Å². The Morgan fingerprint density at radius 3 is 2.83 bits per heavy atom. The van der Waals surface area contributed by atoms with E-state index in [9.17, 15) is 4.79 Å². The van der Waals surface area contributed by atoms with Gasteiger partial charge in [-0.3, -0.25) is 4.79 Å². The molecular formula is C23H25N3O2S. The van der Waals surface area contributed by atoms with E-state index in [2.05, 4.69) is 15.3 Å². The van der Waals surface area contributed by atoms with Crippen molar-refractivity contribution in [3.8, 4) is 16.3 Å². The Kier molecular flexibility index (Phi) is 6.32. The number of carbonyl (C=O) groups is 1. The van der Waals surface area contributed by atoms with E-state index in [-0.39, 0.29) is 17.7 Å². The Labute approximate surface area is 175 Å². The molecule has 1 aliphatic rings. The van der Waals surface area contributed by atoms with Crippen molar-refractivity contribution in [2.75, 3.05) is 13.2 Å². The molecule has 0 radical (unpaired) electrons. The molecule has 0 spiro atoms. The number of hydrogen-bond donors (Lipinski definition) is 1. The van der Waals surface area contributed by atoms with Crippen molar-refractivity contribution in [3.05, 3.63) is 65.4 Å². The van der Waals surface area contributed by atoms with Crippen molar-refractivity contribution in [2.24, 2.45) is 5.92 Å². The lowest BCUT2D eigenvalue weighted by atomic mass is 9.86. The van der Waals surface area contributed by atoms with E-state index in [0.29, 0.717) is 18.2 Å². The summed E-state index contributed by atoms with van der Waals surface area (Å²) in [5, 5.41) is 4.45. The smallest absolute Gasteiger partial charge is 0.213 e. The lowest BCUT2D eigenvalue weighted by Gasteiger charge is -2.29. The van der Waals surface area contributed by atoms with E-state index >= 15 is 0 Å². The van der Waals surface area contributed by atoms with Gasteiger partial charge in [-0.05, 0) is 44.4 Å². The van der Waals surface area contributed by atoms with Crippen molar-refractivity contribution < 1.29 is 9.53 Å². The second-order valence-electron chi connectivity index (χ2n) is 7.32. The van der Waals surface area contributed by atoms with Crippen LogP contribution in [0.3, 0.4) is 0 Å². The number of thiazole rings is 1. The normalized spacial score (nSPS) is 19.1. The summed E-state index contributed by atoms with van der Waals surface area (Å²) in [4.78, 5) is 23.1. The Morgan fingerprint density at radius 1 is 1.21 bits per heavy atom. The SMILES string of the molecule is Cc1nc(C(=O)C2CCNC(CCOc3ccccn3)C2)c(-c2ccccc2)s1.